The summed E-state index contributed by atoms with van der Waals surface area (Å²) in [6.07, 6.45) is -0.609. The maximum atomic E-state index is 11.5. The smallest absolute Gasteiger partial charge is 0.413 e. The summed E-state index contributed by atoms with van der Waals surface area (Å²) in [5.41, 5.74) is -0.473. The molecule has 1 amide bonds. The zero-order valence-electron chi connectivity index (χ0n) is 11.1. The summed E-state index contributed by atoms with van der Waals surface area (Å²) < 4.78 is 11.0. The van der Waals surface area contributed by atoms with Crippen LogP contribution in [0.5, 0.6) is 0 Å². The van der Waals surface area contributed by atoms with Crippen molar-refractivity contribution in [3.8, 4) is 0 Å². The SMILES string of the molecule is COC(=O)c1cc(NC(=O)OC(C)(C)C)n(C)n1. The normalized spacial score (nSPS) is 10.9. The van der Waals surface area contributed by atoms with Crippen LogP contribution in [0.3, 0.4) is 0 Å². The summed E-state index contributed by atoms with van der Waals surface area (Å²) in [5, 5.41) is 6.40. The Morgan fingerprint density at radius 2 is 2.00 bits per heavy atom. The van der Waals surface area contributed by atoms with Gasteiger partial charge in [0.2, 0.25) is 0 Å². The molecule has 0 saturated carbocycles. The summed E-state index contributed by atoms with van der Waals surface area (Å²) in [6, 6.07) is 1.41. The molecule has 18 heavy (non-hydrogen) atoms. The highest BCUT2D eigenvalue weighted by Crippen LogP contribution is 2.13. The van der Waals surface area contributed by atoms with E-state index >= 15 is 0 Å². The molecule has 0 aliphatic carbocycles. The fourth-order valence-electron chi connectivity index (χ4n) is 1.20. The number of methoxy groups -OCH3 is 1. The number of anilines is 1. The number of carbonyl (C=O) groups is 2. The van der Waals surface area contributed by atoms with E-state index in [1.54, 1.807) is 27.8 Å². The molecule has 0 saturated heterocycles. The number of nitrogens with zero attached hydrogens (tertiary/aromatic N) is 2. The molecule has 0 aromatic carbocycles. The molecule has 1 rings (SSSR count). The predicted molar refractivity (Wildman–Crippen MR) is 64.4 cm³/mol. The van der Waals surface area contributed by atoms with Gasteiger partial charge in [0, 0.05) is 13.1 Å². The third-order valence-electron chi connectivity index (χ3n) is 1.90. The first kappa shape index (κ1) is 14.0. The maximum Gasteiger partial charge on any atom is 0.413 e. The van der Waals surface area contributed by atoms with E-state index in [-0.39, 0.29) is 5.69 Å². The lowest BCUT2D eigenvalue weighted by Gasteiger charge is -2.19. The minimum absolute atomic E-state index is 0.117. The average molecular weight is 255 g/mol. The van der Waals surface area contributed by atoms with Crippen molar-refractivity contribution in [1.29, 1.82) is 0 Å². The number of carbonyl (C=O) groups excluding carboxylic acids is 2. The van der Waals surface area contributed by atoms with E-state index in [1.807, 2.05) is 0 Å². The monoisotopic (exact) mass is 255 g/mol. The fourth-order valence-corrected chi connectivity index (χ4v) is 1.20. The van der Waals surface area contributed by atoms with Crippen LogP contribution in [-0.4, -0.2) is 34.6 Å². The molecule has 0 spiro atoms. The van der Waals surface area contributed by atoms with E-state index in [0.29, 0.717) is 5.82 Å². The van der Waals surface area contributed by atoms with Crippen LogP contribution in [0, 0.1) is 0 Å². The van der Waals surface area contributed by atoms with E-state index in [0.717, 1.165) is 0 Å². The van der Waals surface area contributed by atoms with Gasteiger partial charge in [-0.2, -0.15) is 5.10 Å². The van der Waals surface area contributed by atoms with Gasteiger partial charge in [0.15, 0.2) is 5.69 Å². The van der Waals surface area contributed by atoms with Crippen LogP contribution in [0.4, 0.5) is 10.6 Å². The molecule has 7 nitrogen and oxygen atoms in total. The maximum absolute atomic E-state index is 11.5. The number of amides is 1. The van der Waals surface area contributed by atoms with Crippen LogP contribution in [0.25, 0.3) is 0 Å². The lowest BCUT2D eigenvalue weighted by Crippen LogP contribution is -2.27. The second-order valence-corrected chi connectivity index (χ2v) is 4.66. The number of aryl methyl sites for hydroxylation is 1. The average Bonchev–Trinajstić information content (AvgIpc) is 2.56. The Morgan fingerprint density at radius 1 is 1.39 bits per heavy atom. The largest absolute Gasteiger partial charge is 0.464 e. The first-order valence-corrected chi connectivity index (χ1v) is 5.35. The topological polar surface area (TPSA) is 82.5 Å². The summed E-state index contributed by atoms with van der Waals surface area (Å²) in [6.45, 7) is 5.28. The summed E-state index contributed by atoms with van der Waals surface area (Å²) in [5.74, 6) is -0.215. The van der Waals surface area contributed by atoms with Crippen molar-refractivity contribution in [2.45, 2.75) is 26.4 Å². The number of aromatic nitrogens is 2. The Hall–Kier alpha value is -2.05. The van der Waals surface area contributed by atoms with Crippen molar-refractivity contribution in [3.63, 3.8) is 0 Å². The number of ether oxygens (including phenoxy) is 2. The van der Waals surface area contributed by atoms with Crippen LogP contribution >= 0.6 is 0 Å². The highest BCUT2D eigenvalue weighted by molar-refractivity contribution is 5.90. The number of nitrogens with one attached hydrogen (secondary N) is 1. The van der Waals surface area contributed by atoms with Gasteiger partial charge in [-0.05, 0) is 20.8 Å². The zero-order valence-corrected chi connectivity index (χ0v) is 11.1. The van der Waals surface area contributed by atoms with Gasteiger partial charge in [-0.3, -0.25) is 10.00 Å². The van der Waals surface area contributed by atoms with E-state index in [9.17, 15) is 9.59 Å². The fraction of sp³-hybridized carbons (Fsp3) is 0.545. The Morgan fingerprint density at radius 3 is 2.50 bits per heavy atom. The molecule has 0 unspecified atom stereocenters. The van der Waals surface area contributed by atoms with Crippen LogP contribution < -0.4 is 5.32 Å². The Balaban J connectivity index is 2.76. The number of hydrogen-bond acceptors (Lipinski definition) is 5. The lowest BCUT2D eigenvalue weighted by molar-refractivity contribution is 0.0590. The molecule has 0 aliphatic heterocycles. The first-order chi connectivity index (χ1) is 8.23. The lowest BCUT2D eigenvalue weighted by atomic mass is 10.2. The van der Waals surface area contributed by atoms with Crippen LogP contribution in [0.1, 0.15) is 31.3 Å². The number of rotatable bonds is 2. The third kappa shape index (κ3) is 3.76. The van der Waals surface area contributed by atoms with Gasteiger partial charge in [0.25, 0.3) is 0 Å². The Labute approximate surface area is 105 Å². The van der Waals surface area contributed by atoms with E-state index in [2.05, 4.69) is 15.2 Å². The molecule has 1 aromatic heterocycles. The minimum atomic E-state index is -0.609. The van der Waals surface area contributed by atoms with Gasteiger partial charge in [-0.15, -0.1) is 0 Å². The quantitative estimate of drug-likeness (QED) is 0.811. The van der Waals surface area contributed by atoms with Crippen molar-refractivity contribution < 1.29 is 19.1 Å². The van der Waals surface area contributed by atoms with Crippen LogP contribution in [0.2, 0.25) is 0 Å². The van der Waals surface area contributed by atoms with E-state index in [1.165, 1.54) is 17.9 Å². The van der Waals surface area contributed by atoms with Crippen molar-refractivity contribution in [1.82, 2.24) is 9.78 Å². The third-order valence-corrected chi connectivity index (χ3v) is 1.90. The van der Waals surface area contributed by atoms with Crippen molar-refractivity contribution in [2.24, 2.45) is 7.05 Å². The number of esters is 1. The highest BCUT2D eigenvalue weighted by Gasteiger charge is 2.19. The van der Waals surface area contributed by atoms with Gasteiger partial charge in [-0.1, -0.05) is 0 Å². The molecule has 0 radical (unpaired) electrons. The van der Waals surface area contributed by atoms with Gasteiger partial charge < -0.3 is 9.47 Å². The Bertz CT molecular complexity index is 459. The van der Waals surface area contributed by atoms with Crippen LogP contribution in [0.15, 0.2) is 6.07 Å². The van der Waals surface area contributed by atoms with Crippen LogP contribution in [-0.2, 0) is 16.5 Å². The molecule has 0 bridgehead atoms. The summed E-state index contributed by atoms with van der Waals surface area (Å²) >= 11 is 0. The van der Waals surface area contributed by atoms with Crippen molar-refractivity contribution >= 4 is 17.9 Å². The molecule has 1 heterocycles. The molecule has 0 atom stereocenters. The van der Waals surface area contributed by atoms with E-state index in [4.69, 9.17) is 4.74 Å². The van der Waals surface area contributed by atoms with Crippen molar-refractivity contribution in [2.75, 3.05) is 12.4 Å². The molecular weight excluding hydrogens is 238 g/mol. The van der Waals surface area contributed by atoms with Gasteiger partial charge in [0.05, 0.1) is 7.11 Å². The summed E-state index contributed by atoms with van der Waals surface area (Å²) in [4.78, 5) is 22.8. The Kier molecular flexibility index (Phi) is 3.95. The second-order valence-electron chi connectivity index (χ2n) is 4.66. The van der Waals surface area contributed by atoms with Gasteiger partial charge in [-0.25, -0.2) is 9.59 Å². The second kappa shape index (κ2) is 5.07. The van der Waals surface area contributed by atoms with Gasteiger partial charge >= 0.3 is 12.1 Å². The zero-order chi connectivity index (χ0) is 13.9. The van der Waals surface area contributed by atoms with E-state index < -0.39 is 17.7 Å². The summed E-state index contributed by atoms with van der Waals surface area (Å²) in [7, 11) is 2.86. The first-order valence-electron chi connectivity index (χ1n) is 5.35. The number of hydrogen-bond donors (Lipinski definition) is 1. The van der Waals surface area contributed by atoms with Crippen molar-refractivity contribution in [3.05, 3.63) is 11.8 Å². The molecule has 100 valence electrons. The predicted octanol–water partition coefficient (Wildman–Crippen LogP) is 1.55. The standard InChI is InChI=1S/C11H17N3O4/c1-11(2,3)18-10(16)12-8-6-7(9(15)17-5)13-14(8)4/h6H,1-5H3,(H,12,16). The molecule has 7 heteroatoms. The molecular formula is C11H17N3O4. The highest BCUT2D eigenvalue weighted by atomic mass is 16.6. The van der Waals surface area contributed by atoms with Gasteiger partial charge in [0.1, 0.15) is 11.4 Å². The molecule has 1 aromatic rings. The molecule has 0 fully saturated rings. The minimum Gasteiger partial charge on any atom is -0.464 e. The molecule has 1 N–H and O–H groups in total. The molecule has 0 aliphatic rings.